The third kappa shape index (κ3) is 4.79. The van der Waals surface area contributed by atoms with Crippen LogP contribution in [-0.2, 0) is 0 Å². The molecule has 0 unspecified atom stereocenters. The van der Waals surface area contributed by atoms with Crippen LogP contribution in [0.25, 0.3) is 0 Å². The van der Waals surface area contributed by atoms with Gasteiger partial charge < -0.3 is 10.1 Å². The summed E-state index contributed by atoms with van der Waals surface area (Å²) in [5.41, 5.74) is 0.972. The lowest BCUT2D eigenvalue weighted by atomic mass is 10.2. The molecule has 1 rings (SSSR count). The zero-order chi connectivity index (χ0) is 12.5. The van der Waals surface area contributed by atoms with E-state index in [0.717, 1.165) is 31.0 Å². The van der Waals surface area contributed by atoms with Crippen LogP contribution in [0.4, 0.5) is 0 Å². The van der Waals surface area contributed by atoms with Gasteiger partial charge in [0.2, 0.25) is 0 Å². The number of benzene rings is 1. The highest BCUT2D eigenvalue weighted by Crippen LogP contribution is 2.13. The van der Waals surface area contributed by atoms with Gasteiger partial charge in [0.1, 0.15) is 5.04 Å². The van der Waals surface area contributed by atoms with Crippen molar-refractivity contribution >= 4 is 16.8 Å². The van der Waals surface area contributed by atoms with Gasteiger partial charge in [0.15, 0.2) is 0 Å². The van der Waals surface area contributed by atoms with Gasteiger partial charge in [-0.3, -0.25) is 0 Å². The van der Waals surface area contributed by atoms with E-state index in [2.05, 4.69) is 23.9 Å². The summed E-state index contributed by atoms with van der Waals surface area (Å²) in [7, 11) is 0. The van der Waals surface area contributed by atoms with Gasteiger partial charge in [0, 0.05) is 17.9 Å². The molecule has 0 saturated heterocycles. The van der Waals surface area contributed by atoms with E-state index < -0.39 is 0 Å². The fourth-order valence-electron chi connectivity index (χ4n) is 1.56. The maximum atomic E-state index is 9.01. The van der Waals surface area contributed by atoms with Crippen molar-refractivity contribution in [2.24, 2.45) is 5.16 Å². The minimum Gasteiger partial charge on any atom is -0.410 e. The molecule has 0 aliphatic carbocycles. The van der Waals surface area contributed by atoms with E-state index in [1.807, 2.05) is 30.3 Å². The highest BCUT2D eigenvalue weighted by molar-refractivity contribution is 8.14. The second-order valence-electron chi connectivity index (χ2n) is 3.65. The van der Waals surface area contributed by atoms with Crippen LogP contribution in [-0.4, -0.2) is 40.5 Å². The predicted molar refractivity (Wildman–Crippen MR) is 75.0 cm³/mol. The van der Waals surface area contributed by atoms with Crippen LogP contribution in [0.15, 0.2) is 35.5 Å². The number of oxime groups is 1. The van der Waals surface area contributed by atoms with Gasteiger partial charge in [-0.05, 0) is 13.1 Å². The molecule has 94 valence electrons. The normalized spacial score (nSPS) is 12.1. The van der Waals surface area contributed by atoms with Crippen molar-refractivity contribution in [2.45, 2.75) is 13.8 Å². The highest BCUT2D eigenvalue weighted by atomic mass is 32.2. The van der Waals surface area contributed by atoms with Crippen molar-refractivity contribution in [1.29, 1.82) is 0 Å². The molecule has 1 aromatic carbocycles. The predicted octanol–water partition coefficient (Wildman–Crippen LogP) is 2.90. The number of thioether (sulfide) groups is 1. The van der Waals surface area contributed by atoms with Crippen LogP contribution in [0.2, 0.25) is 0 Å². The van der Waals surface area contributed by atoms with Gasteiger partial charge in [-0.25, -0.2) is 0 Å². The number of hydrogen-bond donors (Lipinski definition) is 1. The summed E-state index contributed by atoms with van der Waals surface area (Å²) in [6.45, 7) is 7.46. The minimum absolute atomic E-state index is 0.692. The Hall–Kier alpha value is -1.00. The van der Waals surface area contributed by atoms with Crippen molar-refractivity contribution in [3.05, 3.63) is 35.9 Å². The summed E-state index contributed by atoms with van der Waals surface area (Å²) in [6.07, 6.45) is 0. The Morgan fingerprint density at radius 2 is 1.88 bits per heavy atom. The second-order valence-corrected chi connectivity index (χ2v) is 4.73. The first-order valence-corrected chi connectivity index (χ1v) is 6.93. The van der Waals surface area contributed by atoms with E-state index in [-0.39, 0.29) is 0 Å². The summed E-state index contributed by atoms with van der Waals surface area (Å²) in [6, 6.07) is 9.77. The fraction of sp³-hybridized carbons (Fsp3) is 0.462. The molecule has 0 aliphatic rings. The number of hydrogen-bond acceptors (Lipinski definition) is 4. The van der Waals surface area contributed by atoms with Crippen LogP contribution in [0.3, 0.4) is 0 Å². The van der Waals surface area contributed by atoms with E-state index in [4.69, 9.17) is 5.21 Å². The van der Waals surface area contributed by atoms with E-state index in [1.54, 1.807) is 11.8 Å². The van der Waals surface area contributed by atoms with Crippen molar-refractivity contribution in [3.8, 4) is 0 Å². The third-order valence-electron chi connectivity index (χ3n) is 2.65. The van der Waals surface area contributed by atoms with Gasteiger partial charge in [0.25, 0.3) is 0 Å². The minimum atomic E-state index is 0.692. The Kier molecular flexibility index (Phi) is 6.74. The van der Waals surface area contributed by atoms with Gasteiger partial charge in [0.05, 0.1) is 0 Å². The lowest BCUT2D eigenvalue weighted by Gasteiger charge is -2.17. The number of nitrogens with zero attached hydrogens (tertiary/aromatic N) is 2. The number of rotatable bonds is 6. The summed E-state index contributed by atoms with van der Waals surface area (Å²) in [4.78, 5) is 2.35. The smallest absolute Gasteiger partial charge is 0.143 e. The largest absolute Gasteiger partial charge is 0.410 e. The van der Waals surface area contributed by atoms with Gasteiger partial charge in [-0.1, -0.05) is 49.3 Å². The molecule has 0 atom stereocenters. The summed E-state index contributed by atoms with van der Waals surface area (Å²) in [5.74, 6) is 0.940. The molecule has 17 heavy (non-hydrogen) atoms. The summed E-state index contributed by atoms with van der Waals surface area (Å²) >= 11 is 1.59. The van der Waals surface area contributed by atoms with Crippen molar-refractivity contribution < 1.29 is 5.21 Å². The van der Waals surface area contributed by atoms with E-state index >= 15 is 0 Å². The zero-order valence-corrected chi connectivity index (χ0v) is 11.3. The average Bonchev–Trinajstić information content (AvgIpc) is 2.40. The van der Waals surface area contributed by atoms with E-state index in [1.165, 1.54) is 0 Å². The molecule has 0 heterocycles. The summed E-state index contributed by atoms with van der Waals surface area (Å²) in [5, 5.41) is 13.1. The zero-order valence-electron chi connectivity index (χ0n) is 10.5. The average molecular weight is 252 g/mol. The monoisotopic (exact) mass is 252 g/mol. The van der Waals surface area contributed by atoms with Crippen molar-refractivity contribution in [2.75, 3.05) is 25.4 Å². The van der Waals surface area contributed by atoms with E-state index in [0.29, 0.717) is 5.04 Å². The van der Waals surface area contributed by atoms with Gasteiger partial charge in [-0.15, -0.1) is 11.8 Å². The maximum Gasteiger partial charge on any atom is 0.143 e. The molecule has 0 spiro atoms. The van der Waals surface area contributed by atoms with E-state index in [9.17, 15) is 0 Å². The molecule has 0 fully saturated rings. The van der Waals surface area contributed by atoms with Crippen LogP contribution in [0, 0.1) is 0 Å². The Labute approximate surface area is 108 Å². The maximum absolute atomic E-state index is 9.01. The van der Waals surface area contributed by atoms with Gasteiger partial charge in [-0.2, -0.15) is 0 Å². The fourth-order valence-corrected chi connectivity index (χ4v) is 2.47. The van der Waals surface area contributed by atoms with Crippen LogP contribution < -0.4 is 0 Å². The molecule has 0 aliphatic heterocycles. The Morgan fingerprint density at radius 1 is 1.24 bits per heavy atom. The molecule has 0 radical (unpaired) electrons. The van der Waals surface area contributed by atoms with Crippen LogP contribution in [0.1, 0.15) is 19.4 Å². The standard InChI is InChI=1S/C13H20N2OS/c1-3-15(4-2)10-11-17-13(14-16)12-8-6-5-7-9-12/h5-9,16H,3-4,10-11H2,1-2H3. The molecule has 0 amide bonds. The topological polar surface area (TPSA) is 35.8 Å². The second kappa shape index (κ2) is 8.14. The lowest BCUT2D eigenvalue weighted by molar-refractivity contribution is 0.320. The SMILES string of the molecule is CCN(CC)CCSC(=NO)c1ccccc1. The highest BCUT2D eigenvalue weighted by Gasteiger charge is 2.05. The Bertz CT molecular complexity index is 337. The first kappa shape index (κ1) is 14.1. The molecule has 3 nitrogen and oxygen atoms in total. The molecule has 0 saturated carbocycles. The molecule has 0 bridgehead atoms. The first-order chi connectivity index (χ1) is 8.31. The van der Waals surface area contributed by atoms with Crippen molar-refractivity contribution in [1.82, 2.24) is 4.90 Å². The molecule has 4 heteroatoms. The van der Waals surface area contributed by atoms with Gasteiger partial charge >= 0.3 is 0 Å². The Balaban J connectivity index is 2.45. The molecular weight excluding hydrogens is 232 g/mol. The van der Waals surface area contributed by atoms with Crippen molar-refractivity contribution in [3.63, 3.8) is 0 Å². The quantitative estimate of drug-likeness (QED) is 0.366. The molecule has 1 aromatic rings. The molecule has 1 N–H and O–H groups in total. The van der Waals surface area contributed by atoms with Crippen LogP contribution in [0.5, 0.6) is 0 Å². The Morgan fingerprint density at radius 3 is 2.41 bits per heavy atom. The molecular formula is C13H20N2OS. The third-order valence-corrected chi connectivity index (χ3v) is 3.63. The molecule has 0 aromatic heterocycles. The summed E-state index contributed by atoms with van der Waals surface area (Å²) < 4.78 is 0. The lowest BCUT2D eigenvalue weighted by Crippen LogP contribution is -2.25. The first-order valence-electron chi connectivity index (χ1n) is 5.94. The van der Waals surface area contributed by atoms with Crippen LogP contribution >= 0.6 is 11.8 Å².